The summed E-state index contributed by atoms with van der Waals surface area (Å²) in [7, 11) is 1.88. The maximum atomic E-state index is 12.7. The monoisotopic (exact) mass is 585 g/mol. The van der Waals surface area contributed by atoms with Crippen molar-refractivity contribution in [2.24, 2.45) is 12.5 Å². The number of hydrogen-bond donors (Lipinski definition) is 1. The van der Waals surface area contributed by atoms with Crippen molar-refractivity contribution < 1.29 is 14.3 Å². The van der Waals surface area contributed by atoms with Gasteiger partial charge >= 0.3 is 6.09 Å². The number of carbonyl (C=O) groups excluding carboxylic acids is 2. The highest BCUT2D eigenvalue weighted by atomic mass is 35.5. The van der Waals surface area contributed by atoms with Crippen LogP contribution < -0.4 is 10.2 Å². The van der Waals surface area contributed by atoms with Crippen LogP contribution in [0.1, 0.15) is 47.0 Å². The van der Waals surface area contributed by atoms with Gasteiger partial charge in [0, 0.05) is 56.6 Å². The van der Waals surface area contributed by atoms with Gasteiger partial charge in [-0.25, -0.2) is 14.8 Å². The van der Waals surface area contributed by atoms with Crippen molar-refractivity contribution >= 4 is 52.1 Å². The number of benzene rings is 1. The number of likely N-dealkylation sites (tertiary alicyclic amines) is 1. The molecule has 1 atom stereocenters. The standard InChI is InChI=1S/C28H36ClN7O3S/c1-18(37)36-13-10-28(22(17-36)32-26(38)39-27(2,3)4)8-11-35(12-9-28)23-14-31-24(15-30-23)40-21-7-6-20-19(25(21)29)16-34(5)33-20/h6-7,14-16,22H,8-13,17H2,1-5H3,(H,32,38). The van der Waals surface area contributed by atoms with Crippen molar-refractivity contribution in [1.29, 1.82) is 0 Å². The quantitative estimate of drug-likeness (QED) is 0.461. The van der Waals surface area contributed by atoms with E-state index >= 15 is 0 Å². The van der Waals surface area contributed by atoms with Gasteiger partial charge in [-0.2, -0.15) is 5.10 Å². The zero-order valence-corrected chi connectivity index (χ0v) is 25.2. The molecule has 0 radical (unpaired) electrons. The number of ether oxygens (including phenoxy) is 1. The Kier molecular flexibility index (Phi) is 7.89. The SMILES string of the molecule is CC(=O)N1CCC2(CCN(c3cnc(Sc4ccc5nn(C)cc5c4Cl)cn3)CC2)C(NC(=O)OC(C)(C)C)C1. The summed E-state index contributed by atoms with van der Waals surface area (Å²) >= 11 is 8.12. The molecule has 12 heteroatoms. The molecule has 1 unspecified atom stereocenters. The van der Waals surface area contributed by atoms with Crippen molar-refractivity contribution in [1.82, 2.24) is 30.0 Å². The normalized spacial score (nSPS) is 19.2. The van der Waals surface area contributed by atoms with E-state index in [1.165, 1.54) is 11.8 Å². The second kappa shape index (κ2) is 11.1. The Morgan fingerprint density at radius 3 is 2.50 bits per heavy atom. The van der Waals surface area contributed by atoms with E-state index in [1.807, 2.05) is 57.2 Å². The summed E-state index contributed by atoms with van der Waals surface area (Å²) in [5.41, 5.74) is 0.163. The Labute approximate surface area is 243 Å². The summed E-state index contributed by atoms with van der Waals surface area (Å²) in [5, 5.41) is 9.85. The van der Waals surface area contributed by atoms with E-state index in [1.54, 1.807) is 17.8 Å². The molecule has 0 bridgehead atoms. The van der Waals surface area contributed by atoms with Gasteiger partial charge < -0.3 is 19.9 Å². The summed E-state index contributed by atoms with van der Waals surface area (Å²) in [6.45, 7) is 9.90. The van der Waals surface area contributed by atoms with E-state index in [4.69, 9.17) is 21.3 Å². The van der Waals surface area contributed by atoms with Gasteiger partial charge in [0.15, 0.2) is 0 Å². The smallest absolute Gasteiger partial charge is 0.407 e. The lowest BCUT2D eigenvalue weighted by molar-refractivity contribution is -0.132. The number of aryl methyl sites for hydroxylation is 1. The predicted octanol–water partition coefficient (Wildman–Crippen LogP) is 4.90. The average Bonchev–Trinajstić information content (AvgIpc) is 3.28. The molecule has 2 aliphatic heterocycles. The Bertz CT molecular complexity index is 1400. The first-order valence-corrected chi connectivity index (χ1v) is 14.7. The number of aromatic nitrogens is 4. The van der Waals surface area contributed by atoms with Gasteiger partial charge in [-0.05, 0) is 57.6 Å². The lowest BCUT2D eigenvalue weighted by Crippen LogP contribution is -2.62. The zero-order valence-electron chi connectivity index (χ0n) is 23.6. The van der Waals surface area contributed by atoms with E-state index in [0.29, 0.717) is 18.1 Å². The van der Waals surface area contributed by atoms with Gasteiger partial charge in [-0.3, -0.25) is 9.48 Å². The van der Waals surface area contributed by atoms with Crippen LogP contribution in [0, 0.1) is 5.41 Å². The van der Waals surface area contributed by atoms with Crippen molar-refractivity contribution in [3.63, 3.8) is 0 Å². The molecule has 2 amide bonds. The predicted molar refractivity (Wildman–Crippen MR) is 156 cm³/mol. The highest BCUT2D eigenvalue weighted by molar-refractivity contribution is 7.99. The number of nitrogens with one attached hydrogen (secondary N) is 1. The number of halogens is 1. The highest BCUT2D eigenvalue weighted by Gasteiger charge is 2.46. The molecule has 1 N–H and O–H groups in total. The largest absolute Gasteiger partial charge is 0.444 e. The first kappa shape index (κ1) is 28.5. The summed E-state index contributed by atoms with van der Waals surface area (Å²) in [5.74, 6) is 0.851. The first-order valence-electron chi connectivity index (χ1n) is 13.5. The Balaban J connectivity index is 1.24. The maximum Gasteiger partial charge on any atom is 0.407 e. The average molecular weight is 586 g/mol. The minimum Gasteiger partial charge on any atom is -0.444 e. The lowest BCUT2D eigenvalue weighted by Gasteiger charge is -2.51. The van der Waals surface area contributed by atoms with Crippen LogP contribution in [0.3, 0.4) is 0 Å². The number of rotatable bonds is 4. The molecule has 5 rings (SSSR count). The van der Waals surface area contributed by atoms with Crippen molar-refractivity contribution in [2.75, 3.05) is 31.1 Å². The fraction of sp³-hybridized carbons (Fsp3) is 0.536. The number of carbonyl (C=O) groups is 2. The molecule has 40 heavy (non-hydrogen) atoms. The van der Waals surface area contributed by atoms with Crippen molar-refractivity contribution in [2.45, 2.75) is 68.5 Å². The highest BCUT2D eigenvalue weighted by Crippen LogP contribution is 2.43. The molecular weight excluding hydrogens is 550 g/mol. The first-order chi connectivity index (χ1) is 18.9. The van der Waals surface area contributed by atoms with Gasteiger partial charge in [0.2, 0.25) is 5.91 Å². The van der Waals surface area contributed by atoms with Gasteiger partial charge in [0.1, 0.15) is 16.4 Å². The maximum absolute atomic E-state index is 12.7. The van der Waals surface area contributed by atoms with Crippen LogP contribution in [0.2, 0.25) is 5.02 Å². The molecule has 2 fully saturated rings. The fourth-order valence-corrected chi connectivity index (χ4v) is 6.72. The molecule has 4 heterocycles. The molecule has 2 aliphatic rings. The number of alkyl carbamates (subject to hydrolysis) is 1. The Morgan fingerprint density at radius 2 is 1.85 bits per heavy atom. The van der Waals surface area contributed by atoms with Crippen LogP contribution in [0.4, 0.5) is 10.6 Å². The van der Waals surface area contributed by atoms with Crippen LogP contribution in [0.25, 0.3) is 10.9 Å². The van der Waals surface area contributed by atoms with Gasteiger partial charge in [0.25, 0.3) is 0 Å². The van der Waals surface area contributed by atoms with Crippen LogP contribution >= 0.6 is 23.4 Å². The molecule has 2 aromatic heterocycles. The van der Waals surface area contributed by atoms with E-state index in [2.05, 4.69) is 20.3 Å². The second-order valence-electron chi connectivity index (χ2n) is 11.7. The molecule has 214 valence electrons. The Hall–Kier alpha value is -3.05. The van der Waals surface area contributed by atoms with Crippen LogP contribution in [0.15, 0.2) is 40.6 Å². The summed E-state index contributed by atoms with van der Waals surface area (Å²) in [6.07, 6.45) is 7.65. The van der Waals surface area contributed by atoms with E-state index in [-0.39, 0.29) is 17.4 Å². The number of piperidine rings is 2. The number of anilines is 1. The minimum absolute atomic E-state index is 0.0261. The third-order valence-electron chi connectivity index (χ3n) is 7.77. The van der Waals surface area contributed by atoms with Crippen molar-refractivity contribution in [3.8, 4) is 0 Å². The van der Waals surface area contributed by atoms with Crippen LogP contribution in [-0.2, 0) is 16.6 Å². The van der Waals surface area contributed by atoms with Gasteiger partial charge in [0.05, 0.1) is 29.0 Å². The third-order valence-corrected chi connectivity index (χ3v) is 9.27. The fourth-order valence-electron chi connectivity index (χ4n) is 5.63. The molecule has 1 spiro atoms. The summed E-state index contributed by atoms with van der Waals surface area (Å²) in [6, 6.07) is 3.75. The van der Waals surface area contributed by atoms with Crippen LogP contribution in [-0.4, -0.2) is 74.5 Å². The summed E-state index contributed by atoms with van der Waals surface area (Å²) in [4.78, 5) is 39.2. The Morgan fingerprint density at radius 1 is 1.12 bits per heavy atom. The number of amides is 2. The van der Waals surface area contributed by atoms with E-state index in [9.17, 15) is 9.59 Å². The molecule has 0 aliphatic carbocycles. The van der Waals surface area contributed by atoms with E-state index in [0.717, 1.165) is 59.0 Å². The van der Waals surface area contributed by atoms with Crippen molar-refractivity contribution in [3.05, 3.63) is 35.7 Å². The topological polar surface area (TPSA) is 105 Å². The number of nitrogens with zero attached hydrogens (tertiary/aromatic N) is 6. The molecule has 3 aromatic rings. The number of hydrogen-bond acceptors (Lipinski definition) is 8. The van der Waals surface area contributed by atoms with E-state index < -0.39 is 11.7 Å². The second-order valence-corrected chi connectivity index (χ2v) is 13.1. The number of fused-ring (bicyclic) bond motifs is 1. The van der Waals surface area contributed by atoms with Gasteiger partial charge in [-0.1, -0.05) is 23.4 Å². The molecular formula is C28H36ClN7O3S. The summed E-state index contributed by atoms with van der Waals surface area (Å²) < 4.78 is 7.30. The molecule has 10 nitrogen and oxygen atoms in total. The van der Waals surface area contributed by atoms with Crippen LogP contribution in [0.5, 0.6) is 0 Å². The zero-order chi connectivity index (χ0) is 28.7. The molecule has 2 saturated heterocycles. The third kappa shape index (κ3) is 6.15. The molecule has 0 saturated carbocycles. The molecule has 1 aromatic carbocycles. The lowest BCUT2D eigenvalue weighted by atomic mass is 9.68. The minimum atomic E-state index is -0.588. The van der Waals surface area contributed by atoms with Gasteiger partial charge in [-0.15, -0.1) is 0 Å².